The number of nitrogens with zero attached hydrogens (tertiary/aromatic N) is 1. The lowest BCUT2D eigenvalue weighted by Gasteiger charge is -2.26. The van der Waals surface area contributed by atoms with Gasteiger partial charge in [0.2, 0.25) is 0 Å². The van der Waals surface area contributed by atoms with Crippen molar-refractivity contribution in [2.24, 2.45) is 0 Å². The molecule has 2 aromatic rings. The molecule has 27 heavy (non-hydrogen) atoms. The van der Waals surface area contributed by atoms with Crippen LogP contribution in [0.3, 0.4) is 0 Å². The van der Waals surface area contributed by atoms with E-state index < -0.39 is 0 Å². The van der Waals surface area contributed by atoms with E-state index in [9.17, 15) is 0 Å². The minimum absolute atomic E-state index is 0.293. The molecule has 2 aromatic carbocycles. The third-order valence-electron chi connectivity index (χ3n) is 5.30. The van der Waals surface area contributed by atoms with Crippen molar-refractivity contribution < 1.29 is 0 Å². The maximum atomic E-state index is 3.80. The normalized spacial score (nSPS) is 21.1. The van der Waals surface area contributed by atoms with Crippen molar-refractivity contribution in [1.82, 2.24) is 10.4 Å². The number of hydrogen-bond donors (Lipinski definition) is 1. The van der Waals surface area contributed by atoms with Crippen LogP contribution in [0.5, 0.6) is 0 Å². The van der Waals surface area contributed by atoms with Gasteiger partial charge in [-0.1, -0.05) is 66.6 Å². The smallest absolute Gasteiger partial charge is 0.0753 e. The second-order valence-corrected chi connectivity index (χ2v) is 8.56. The molecule has 0 aromatic heterocycles. The van der Waals surface area contributed by atoms with Crippen molar-refractivity contribution in [3.05, 3.63) is 87.6 Å². The Bertz CT molecular complexity index is 862. The minimum Gasteiger partial charge on any atom is -0.307 e. The largest absolute Gasteiger partial charge is 0.307 e. The number of nitrogens with one attached hydrogen (secondary N) is 1. The van der Waals surface area contributed by atoms with Crippen LogP contribution in [0.25, 0.3) is 6.08 Å². The van der Waals surface area contributed by atoms with Gasteiger partial charge in [-0.2, -0.15) is 11.8 Å². The third-order valence-corrected chi connectivity index (χ3v) is 6.33. The van der Waals surface area contributed by atoms with E-state index in [2.05, 4.69) is 85.8 Å². The number of allylic oxidation sites excluding steroid dienone is 1. The highest BCUT2D eigenvalue weighted by Crippen LogP contribution is 2.42. The molecule has 4 rings (SSSR count). The monoisotopic (exact) mass is 376 g/mol. The lowest BCUT2D eigenvalue weighted by Crippen LogP contribution is -2.34. The maximum absolute atomic E-state index is 3.80. The number of thioether (sulfide) groups is 1. The summed E-state index contributed by atoms with van der Waals surface area (Å²) in [6.07, 6.45) is 3.51. The topological polar surface area (TPSA) is 15.3 Å². The van der Waals surface area contributed by atoms with Crippen molar-refractivity contribution in [3.63, 3.8) is 0 Å². The van der Waals surface area contributed by atoms with Crippen LogP contribution in [-0.2, 0) is 0 Å². The van der Waals surface area contributed by atoms with Gasteiger partial charge in [0, 0.05) is 18.1 Å². The van der Waals surface area contributed by atoms with Gasteiger partial charge in [0.05, 0.1) is 11.7 Å². The summed E-state index contributed by atoms with van der Waals surface area (Å²) in [6, 6.07) is 18.1. The van der Waals surface area contributed by atoms with Gasteiger partial charge in [-0.15, -0.1) is 0 Å². The summed E-state index contributed by atoms with van der Waals surface area (Å²) in [7, 11) is 0. The molecule has 2 aliphatic heterocycles. The Labute approximate surface area is 167 Å². The molecule has 140 valence electrons. The number of hydrazine groups is 1. The first-order valence-electron chi connectivity index (χ1n) is 9.84. The number of hydrogen-bond acceptors (Lipinski definition) is 3. The van der Waals surface area contributed by atoms with Crippen molar-refractivity contribution in [1.29, 1.82) is 0 Å². The molecule has 0 saturated carbocycles. The molecule has 1 N–H and O–H groups in total. The van der Waals surface area contributed by atoms with Gasteiger partial charge in [0.1, 0.15) is 0 Å². The van der Waals surface area contributed by atoms with E-state index in [0.29, 0.717) is 6.04 Å². The lowest BCUT2D eigenvalue weighted by atomic mass is 9.96. The van der Waals surface area contributed by atoms with Gasteiger partial charge >= 0.3 is 0 Å². The van der Waals surface area contributed by atoms with Gasteiger partial charge in [0.15, 0.2) is 0 Å². The highest BCUT2D eigenvalue weighted by atomic mass is 32.2. The second kappa shape index (κ2) is 7.95. The quantitative estimate of drug-likeness (QED) is 0.741. The summed E-state index contributed by atoms with van der Waals surface area (Å²) in [5, 5.41) is 2.40. The Morgan fingerprint density at radius 3 is 2.33 bits per heavy atom. The molecule has 0 fully saturated rings. The fourth-order valence-electron chi connectivity index (χ4n) is 3.89. The van der Waals surface area contributed by atoms with Crippen LogP contribution < -0.4 is 5.43 Å². The average molecular weight is 377 g/mol. The molecule has 0 aliphatic carbocycles. The summed E-state index contributed by atoms with van der Waals surface area (Å²) in [5.74, 6) is 2.18. The molecule has 1 atom stereocenters. The molecular weight excluding hydrogens is 348 g/mol. The van der Waals surface area contributed by atoms with Crippen LogP contribution in [0.2, 0.25) is 0 Å². The fraction of sp³-hybridized carbons (Fsp3) is 0.333. The van der Waals surface area contributed by atoms with Gasteiger partial charge in [-0.25, -0.2) is 5.43 Å². The van der Waals surface area contributed by atoms with Gasteiger partial charge in [-0.3, -0.25) is 0 Å². The molecular formula is C24H28N2S. The zero-order chi connectivity index (χ0) is 18.8. The Balaban J connectivity index is 1.74. The SMILES string of the molecule is CCCN1NC(c2ccc(C)cc2)C2=C1C(=Cc1ccc(C)cc1)CSC2. The zero-order valence-electron chi connectivity index (χ0n) is 16.5. The van der Waals surface area contributed by atoms with Crippen LogP contribution in [0.4, 0.5) is 0 Å². The summed E-state index contributed by atoms with van der Waals surface area (Å²) < 4.78 is 0. The average Bonchev–Trinajstić information content (AvgIpc) is 3.04. The van der Waals surface area contributed by atoms with Crippen molar-refractivity contribution >= 4 is 17.8 Å². The predicted octanol–water partition coefficient (Wildman–Crippen LogP) is 5.66. The molecule has 0 amide bonds. The molecule has 0 radical (unpaired) electrons. The van der Waals surface area contributed by atoms with E-state index in [4.69, 9.17) is 0 Å². The van der Waals surface area contributed by atoms with Crippen LogP contribution in [0, 0.1) is 13.8 Å². The molecule has 1 unspecified atom stereocenters. The lowest BCUT2D eigenvalue weighted by molar-refractivity contribution is 0.259. The molecule has 2 heterocycles. The van der Waals surface area contributed by atoms with Gasteiger partial charge < -0.3 is 5.01 Å². The standard InChI is InChI=1S/C24H28N2S/c1-4-13-26-24-21(14-19-9-5-17(2)6-10-19)15-27-16-22(24)23(25-26)20-11-7-18(3)8-12-20/h5-12,14,23,25H,4,13,15-16H2,1-3H3. The van der Waals surface area contributed by atoms with Crippen LogP contribution in [0.15, 0.2) is 65.4 Å². The van der Waals surface area contributed by atoms with E-state index in [1.807, 2.05) is 11.8 Å². The third kappa shape index (κ3) is 3.85. The van der Waals surface area contributed by atoms with Crippen molar-refractivity contribution in [2.45, 2.75) is 33.2 Å². The Morgan fingerprint density at radius 2 is 1.67 bits per heavy atom. The molecule has 3 heteroatoms. The number of rotatable bonds is 4. The summed E-state index contributed by atoms with van der Waals surface area (Å²) >= 11 is 2.03. The van der Waals surface area contributed by atoms with E-state index in [1.165, 1.54) is 39.1 Å². The summed E-state index contributed by atoms with van der Waals surface area (Å²) in [4.78, 5) is 0. The summed E-state index contributed by atoms with van der Waals surface area (Å²) in [6.45, 7) is 7.59. The molecule has 0 bridgehead atoms. The van der Waals surface area contributed by atoms with E-state index in [0.717, 1.165) is 24.5 Å². The van der Waals surface area contributed by atoms with Crippen molar-refractivity contribution in [2.75, 3.05) is 18.1 Å². The Morgan fingerprint density at radius 1 is 1.00 bits per heavy atom. The van der Waals surface area contributed by atoms with Gasteiger partial charge in [-0.05, 0) is 48.6 Å². The Hall–Kier alpha value is -1.97. The van der Waals surface area contributed by atoms with Crippen LogP contribution in [0.1, 0.15) is 41.6 Å². The fourth-order valence-corrected chi connectivity index (χ4v) is 4.95. The highest BCUT2D eigenvalue weighted by Gasteiger charge is 2.35. The van der Waals surface area contributed by atoms with E-state index >= 15 is 0 Å². The minimum atomic E-state index is 0.293. The molecule has 0 saturated heterocycles. The zero-order valence-corrected chi connectivity index (χ0v) is 17.3. The first kappa shape index (κ1) is 18.4. The maximum Gasteiger partial charge on any atom is 0.0753 e. The Kier molecular flexibility index (Phi) is 5.42. The van der Waals surface area contributed by atoms with Crippen molar-refractivity contribution in [3.8, 4) is 0 Å². The summed E-state index contributed by atoms with van der Waals surface area (Å²) in [5.41, 5.74) is 13.5. The number of benzene rings is 2. The first-order valence-corrected chi connectivity index (χ1v) is 11.0. The predicted molar refractivity (Wildman–Crippen MR) is 118 cm³/mol. The van der Waals surface area contributed by atoms with Gasteiger partial charge in [0.25, 0.3) is 0 Å². The first-order chi connectivity index (χ1) is 13.2. The van der Waals surface area contributed by atoms with E-state index in [-0.39, 0.29) is 0 Å². The van der Waals surface area contributed by atoms with Crippen LogP contribution >= 0.6 is 11.8 Å². The molecule has 2 aliphatic rings. The highest BCUT2D eigenvalue weighted by molar-refractivity contribution is 7.99. The van der Waals surface area contributed by atoms with E-state index in [1.54, 1.807) is 0 Å². The number of aryl methyl sites for hydroxylation is 2. The van der Waals surface area contributed by atoms with Crippen LogP contribution in [-0.4, -0.2) is 23.1 Å². The molecule has 0 spiro atoms. The second-order valence-electron chi connectivity index (χ2n) is 7.57. The molecule has 2 nitrogen and oxygen atoms in total.